The molecule has 4 atom stereocenters. The summed E-state index contributed by atoms with van der Waals surface area (Å²) in [4.78, 5) is 17.1. The number of hydrogen-bond donors (Lipinski definition) is 0. The van der Waals surface area contributed by atoms with E-state index in [4.69, 9.17) is 9.73 Å². The van der Waals surface area contributed by atoms with Gasteiger partial charge in [0.25, 0.3) is 0 Å². The summed E-state index contributed by atoms with van der Waals surface area (Å²) in [6, 6.07) is 20.8. The topological polar surface area (TPSA) is 38.7 Å². The Morgan fingerprint density at radius 2 is 1.50 bits per heavy atom. The Labute approximate surface area is 142 Å². The number of carbonyl (C=O) groups excluding carboxylic acids is 1. The van der Waals surface area contributed by atoms with E-state index < -0.39 is 0 Å². The van der Waals surface area contributed by atoms with Crippen LogP contribution in [0.25, 0.3) is 0 Å². The van der Waals surface area contributed by atoms with Gasteiger partial charge in [0, 0.05) is 11.1 Å². The number of hydrogen-bond acceptors (Lipinski definition) is 3. The molecule has 2 aliphatic rings. The molecule has 4 rings (SSSR count). The lowest BCUT2D eigenvalue weighted by atomic mass is 10.00. The van der Waals surface area contributed by atoms with Crippen molar-refractivity contribution in [2.75, 3.05) is 7.11 Å². The summed E-state index contributed by atoms with van der Waals surface area (Å²) in [6.07, 6.45) is 1.91. The Kier molecular flexibility index (Phi) is 3.93. The van der Waals surface area contributed by atoms with Crippen molar-refractivity contribution in [3.05, 3.63) is 71.8 Å². The maximum absolute atomic E-state index is 12.0. The molecular formula is C21H21NO2. The van der Waals surface area contributed by atoms with Gasteiger partial charge in [-0.1, -0.05) is 60.7 Å². The normalized spacial score (nSPS) is 27.2. The van der Waals surface area contributed by atoms with E-state index in [-0.39, 0.29) is 17.9 Å². The molecule has 0 spiro atoms. The number of fused-ring (bicyclic) bond motifs is 1. The van der Waals surface area contributed by atoms with Gasteiger partial charge in [0.15, 0.2) is 0 Å². The number of methoxy groups -OCH3 is 1. The minimum Gasteiger partial charge on any atom is -0.469 e. The highest BCUT2D eigenvalue weighted by Crippen LogP contribution is 2.57. The number of benzene rings is 2. The molecule has 0 N–H and O–H groups in total. The molecule has 0 aromatic heterocycles. The summed E-state index contributed by atoms with van der Waals surface area (Å²) in [5.41, 5.74) is 3.28. The second-order valence-corrected chi connectivity index (χ2v) is 6.71. The largest absolute Gasteiger partial charge is 0.469 e. The third kappa shape index (κ3) is 2.75. The van der Waals surface area contributed by atoms with E-state index >= 15 is 0 Å². The molecule has 0 heterocycles. The van der Waals surface area contributed by atoms with E-state index in [9.17, 15) is 4.79 Å². The first-order chi connectivity index (χ1) is 11.8. The van der Waals surface area contributed by atoms with Crippen LogP contribution in [0.5, 0.6) is 0 Å². The van der Waals surface area contributed by atoms with Gasteiger partial charge in [0.2, 0.25) is 0 Å². The molecule has 2 fully saturated rings. The van der Waals surface area contributed by atoms with Crippen LogP contribution in [0, 0.1) is 17.8 Å². The molecule has 2 aromatic carbocycles. The van der Waals surface area contributed by atoms with Crippen LogP contribution >= 0.6 is 0 Å². The molecule has 3 heteroatoms. The van der Waals surface area contributed by atoms with Crippen LogP contribution in [0.4, 0.5) is 0 Å². The van der Waals surface area contributed by atoms with Crippen molar-refractivity contribution < 1.29 is 9.53 Å². The van der Waals surface area contributed by atoms with Crippen molar-refractivity contribution in [2.45, 2.75) is 18.9 Å². The first-order valence-corrected chi connectivity index (χ1v) is 8.54. The summed E-state index contributed by atoms with van der Waals surface area (Å²) >= 11 is 0. The van der Waals surface area contributed by atoms with Crippen molar-refractivity contribution in [1.29, 1.82) is 0 Å². The van der Waals surface area contributed by atoms with Gasteiger partial charge < -0.3 is 4.74 Å². The number of nitrogens with zero attached hydrogens (tertiary/aromatic N) is 1. The second-order valence-electron chi connectivity index (χ2n) is 6.71. The number of rotatable bonds is 4. The van der Waals surface area contributed by atoms with Crippen molar-refractivity contribution in [2.24, 2.45) is 22.7 Å². The Bertz CT molecular complexity index is 712. The standard InChI is InChI=1S/C21H21NO2/c1-24-21(23)18-13-19(17-12-16(17)18)22-20(14-8-4-2-5-9-14)15-10-6-3-7-11-15/h2-11,16-19H,12-13H2,1H3/t16-,17+,18+,19+/m0/s1. The third-order valence-corrected chi connectivity index (χ3v) is 5.29. The summed E-state index contributed by atoms with van der Waals surface area (Å²) in [5.74, 6) is 0.971. The van der Waals surface area contributed by atoms with E-state index in [1.807, 2.05) is 36.4 Å². The smallest absolute Gasteiger partial charge is 0.309 e. The van der Waals surface area contributed by atoms with Crippen LogP contribution in [0.2, 0.25) is 0 Å². The van der Waals surface area contributed by atoms with Gasteiger partial charge in [-0.25, -0.2) is 0 Å². The van der Waals surface area contributed by atoms with E-state index in [0.29, 0.717) is 11.8 Å². The maximum Gasteiger partial charge on any atom is 0.309 e. The monoisotopic (exact) mass is 319 g/mol. The number of esters is 1. The second kappa shape index (κ2) is 6.23. The van der Waals surface area contributed by atoms with Crippen LogP contribution in [0.15, 0.2) is 65.7 Å². The van der Waals surface area contributed by atoms with Crippen LogP contribution in [-0.4, -0.2) is 24.8 Å². The Hall–Kier alpha value is -2.42. The fourth-order valence-corrected chi connectivity index (χ4v) is 3.99. The van der Waals surface area contributed by atoms with Gasteiger partial charge in [-0.3, -0.25) is 9.79 Å². The first kappa shape index (κ1) is 15.1. The van der Waals surface area contributed by atoms with Crippen molar-refractivity contribution in [3.63, 3.8) is 0 Å². The molecule has 24 heavy (non-hydrogen) atoms. The molecule has 3 nitrogen and oxygen atoms in total. The molecule has 0 aliphatic heterocycles. The minimum absolute atomic E-state index is 0.0292. The van der Waals surface area contributed by atoms with Gasteiger partial charge >= 0.3 is 5.97 Å². The predicted molar refractivity (Wildman–Crippen MR) is 94.0 cm³/mol. The summed E-state index contributed by atoms with van der Waals surface area (Å²) in [6.45, 7) is 0. The van der Waals surface area contributed by atoms with Crippen molar-refractivity contribution in [1.82, 2.24) is 0 Å². The average molecular weight is 319 g/mol. The zero-order valence-corrected chi connectivity index (χ0v) is 13.8. The van der Waals surface area contributed by atoms with Crippen LogP contribution in [0.3, 0.4) is 0 Å². The molecule has 2 saturated carbocycles. The number of ether oxygens (including phenoxy) is 1. The molecule has 0 bridgehead atoms. The molecule has 0 unspecified atom stereocenters. The lowest BCUT2D eigenvalue weighted by Gasteiger charge is -2.14. The molecule has 2 aromatic rings. The van der Waals surface area contributed by atoms with Gasteiger partial charge in [0.1, 0.15) is 0 Å². The van der Waals surface area contributed by atoms with Gasteiger partial charge in [0.05, 0.1) is 24.8 Å². The quantitative estimate of drug-likeness (QED) is 0.636. The van der Waals surface area contributed by atoms with Crippen LogP contribution < -0.4 is 0 Å². The molecule has 2 aliphatic carbocycles. The Morgan fingerprint density at radius 3 is 2.04 bits per heavy atom. The Morgan fingerprint density at radius 1 is 0.917 bits per heavy atom. The zero-order valence-electron chi connectivity index (χ0n) is 13.8. The first-order valence-electron chi connectivity index (χ1n) is 8.54. The highest BCUT2D eigenvalue weighted by molar-refractivity contribution is 6.13. The molecular weight excluding hydrogens is 298 g/mol. The van der Waals surface area contributed by atoms with E-state index in [1.165, 1.54) is 7.11 Å². The molecule has 0 amide bonds. The van der Waals surface area contributed by atoms with Crippen LogP contribution in [-0.2, 0) is 9.53 Å². The van der Waals surface area contributed by atoms with Crippen molar-refractivity contribution in [3.8, 4) is 0 Å². The maximum atomic E-state index is 12.0. The fraction of sp³-hybridized carbons (Fsp3) is 0.333. The lowest BCUT2D eigenvalue weighted by Crippen LogP contribution is -2.18. The predicted octanol–water partition coefficient (Wildman–Crippen LogP) is 3.72. The summed E-state index contributed by atoms with van der Waals surface area (Å²) in [5, 5.41) is 0. The SMILES string of the molecule is COC(=O)[C@@H]1C[C@@H](N=C(c2ccccc2)c2ccccc2)[C@@H]2C[C@@H]21. The highest BCUT2D eigenvalue weighted by atomic mass is 16.5. The lowest BCUT2D eigenvalue weighted by molar-refractivity contribution is -0.145. The number of aliphatic imine (C=N–C) groups is 1. The van der Waals surface area contributed by atoms with Crippen LogP contribution in [0.1, 0.15) is 24.0 Å². The third-order valence-electron chi connectivity index (χ3n) is 5.29. The fourth-order valence-electron chi connectivity index (χ4n) is 3.99. The number of carbonyl (C=O) groups is 1. The van der Waals surface area contributed by atoms with Crippen molar-refractivity contribution >= 4 is 11.7 Å². The van der Waals surface area contributed by atoms with Gasteiger partial charge in [-0.2, -0.15) is 0 Å². The average Bonchev–Trinajstić information content (AvgIpc) is 3.36. The highest BCUT2D eigenvalue weighted by Gasteiger charge is 2.57. The van der Waals surface area contributed by atoms with E-state index in [2.05, 4.69) is 24.3 Å². The van der Waals surface area contributed by atoms with Gasteiger partial charge in [-0.05, 0) is 24.7 Å². The minimum atomic E-state index is -0.0684. The Balaban J connectivity index is 1.68. The summed E-state index contributed by atoms with van der Waals surface area (Å²) in [7, 11) is 1.48. The molecule has 0 saturated heterocycles. The van der Waals surface area contributed by atoms with E-state index in [1.54, 1.807) is 0 Å². The zero-order chi connectivity index (χ0) is 16.5. The van der Waals surface area contributed by atoms with E-state index in [0.717, 1.165) is 29.7 Å². The van der Waals surface area contributed by atoms with Gasteiger partial charge in [-0.15, -0.1) is 0 Å². The molecule has 122 valence electrons. The molecule has 0 radical (unpaired) electrons. The summed E-state index contributed by atoms with van der Waals surface area (Å²) < 4.78 is 4.97.